The van der Waals surface area contributed by atoms with Crippen LogP contribution in [0.4, 0.5) is 0 Å². The number of nitrogens with zero attached hydrogens (tertiary/aromatic N) is 2. The van der Waals surface area contributed by atoms with Gasteiger partial charge in [-0.2, -0.15) is 5.10 Å². The molecule has 0 bridgehead atoms. The zero-order chi connectivity index (χ0) is 9.14. The predicted molar refractivity (Wildman–Crippen MR) is 47.9 cm³/mol. The first-order valence-electron chi connectivity index (χ1n) is 4.27. The van der Waals surface area contributed by atoms with Crippen LogP contribution in [0, 0.1) is 6.92 Å². The summed E-state index contributed by atoms with van der Waals surface area (Å²) >= 11 is 0. The minimum Gasteiger partial charge on any atom is -0.393 e. The minimum absolute atomic E-state index is 0.223. The fourth-order valence-electron chi connectivity index (χ4n) is 1.28. The van der Waals surface area contributed by atoms with Crippen molar-refractivity contribution < 1.29 is 5.11 Å². The number of hydrogen-bond donors (Lipinski definition) is 1. The second-order valence-electron chi connectivity index (χ2n) is 3.29. The molecule has 3 nitrogen and oxygen atoms in total. The van der Waals surface area contributed by atoms with Crippen molar-refractivity contribution in [2.75, 3.05) is 0 Å². The molecule has 0 fully saturated rings. The molecule has 1 rings (SSSR count). The number of aliphatic hydroxyl groups is 1. The molecular formula is C9H16N2O. The summed E-state index contributed by atoms with van der Waals surface area (Å²) in [5.74, 6) is 0. The molecule has 0 saturated heterocycles. The molecule has 1 aromatic heterocycles. The molecule has 0 radical (unpaired) electrons. The van der Waals surface area contributed by atoms with Crippen LogP contribution in [0.2, 0.25) is 0 Å². The van der Waals surface area contributed by atoms with Crippen molar-refractivity contribution in [1.82, 2.24) is 9.78 Å². The van der Waals surface area contributed by atoms with E-state index >= 15 is 0 Å². The molecule has 0 spiro atoms. The Bertz CT molecular complexity index is 234. The Balaban J connectivity index is 2.62. The van der Waals surface area contributed by atoms with Crippen LogP contribution in [0.3, 0.4) is 0 Å². The van der Waals surface area contributed by atoms with Gasteiger partial charge in [0.1, 0.15) is 0 Å². The van der Waals surface area contributed by atoms with Crippen molar-refractivity contribution in [3.8, 4) is 0 Å². The average molecular weight is 168 g/mol. The standard InChI is InChI=1S/C9H16N2O/c1-7-6-10-11(3)9(7)5-4-8(2)12/h6,8,12H,4-5H2,1-3H3/t8-/m1/s1. The third-order valence-corrected chi connectivity index (χ3v) is 2.07. The first kappa shape index (κ1) is 9.26. The highest BCUT2D eigenvalue weighted by Gasteiger charge is 2.05. The summed E-state index contributed by atoms with van der Waals surface area (Å²) in [6.45, 7) is 3.86. The van der Waals surface area contributed by atoms with Crippen LogP contribution in [0.1, 0.15) is 24.6 Å². The normalized spacial score (nSPS) is 13.3. The van der Waals surface area contributed by atoms with E-state index in [0.29, 0.717) is 0 Å². The minimum atomic E-state index is -0.223. The van der Waals surface area contributed by atoms with Gasteiger partial charge < -0.3 is 5.11 Å². The molecular weight excluding hydrogens is 152 g/mol. The van der Waals surface area contributed by atoms with Gasteiger partial charge in [-0.15, -0.1) is 0 Å². The van der Waals surface area contributed by atoms with E-state index in [1.165, 1.54) is 11.3 Å². The lowest BCUT2D eigenvalue weighted by Gasteiger charge is -2.05. The Morgan fingerprint density at radius 3 is 2.75 bits per heavy atom. The van der Waals surface area contributed by atoms with E-state index < -0.39 is 0 Å². The molecule has 0 aliphatic rings. The summed E-state index contributed by atoms with van der Waals surface area (Å²) in [5, 5.41) is 13.2. The molecule has 1 atom stereocenters. The topological polar surface area (TPSA) is 38.0 Å². The van der Waals surface area contributed by atoms with Gasteiger partial charge in [-0.05, 0) is 32.3 Å². The van der Waals surface area contributed by atoms with Crippen LogP contribution in [-0.2, 0) is 13.5 Å². The largest absolute Gasteiger partial charge is 0.393 e. The summed E-state index contributed by atoms with van der Waals surface area (Å²) in [7, 11) is 1.93. The van der Waals surface area contributed by atoms with Gasteiger partial charge in [0.15, 0.2) is 0 Å². The Morgan fingerprint density at radius 2 is 2.33 bits per heavy atom. The lowest BCUT2D eigenvalue weighted by atomic mass is 10.1. The van der Waals surface area contributed by atoms with Crippen LogP contribution in [0.25, 0.3) is 0 Å². The fourth-order valence-corrected chi connectivity index (χ4v) is 1.28. The summed E-state index contributed by atoms with van der Waals surface area (Å²) in [5.41, 5.74) is 2.43. The Labute approximate surface area is 73.0 Å². The van der Waals surface area contributed by atoms with Crippen LogP contribution in [-0.4, -0.2) is 21.0 Å². The van der Waals surface area contributed by atoms with Gasteiger partial charge in [0, 0.05) is 12.7 Å². The van der Waals surface area contributed by atoms with Crippen LogP contribution < -0.4 is 0 Å². The first-order chi connectivity index (χ1) is 5.61. The summed E-state index contributed by atoms with van der Waals surface area (Å²) in [6, 6.07) is 0. The number of aliphatic hydroxyl groups excluding tert-OH is 1. The third kappa shape index (κ3) is 2.08. The van der Waals surface area contributed by atoms with E-state index in [1.807, 2.05) is 31.8 Å². The maximum atomic E-state index is 9.10. The molecule has 0 aromatic carbocycles. The monoisotopic (exact) mass is 168 g/mol. The van der Waals surface area contributed by atoms with Crippen molar-refractivity contribution in [3.05, 3.63) is 17.5 Å². The molecule has 3 heteroatoms. The molecule has 0 saturated carbocycles. The molecule has 0 amide bonds. The van der Waals surface area contributed by atoms with E-state index in [0.717, 1.165) is 12.8 Å². The average Bonchev–Trinajstić information content (AvgIpc) is 2.28. The molecule has 1 N–H and O–H groups in total. The molecule has 0 unspecified atom stereocenters. The number of hydrogen-bond acceptors (Lipinski definition) is 2. The summed E-state index contributed by atoms with van der Waals surface area (Å²) in [4.78, 5) is 0. The van der Waals surface area contributed by atoms with E-state index in [-0.39, 0.29) is 6.10 Å². The quantitative estimate of drug-likeness (QED) is 0.732. The molecule has 1 heterocycles. The second kappa shape index (κ2) is 3.72. The predicted octanol–water partition coefficient (Wildman–Crippen LogP) is 1.04. The Morgan fingerprint density at radius 1 is 1.67 bits per heavy atom. The van der Waals surface area contributed by atoms with Crippen LogP contribution in [0.15, 0.2) is 6.20 Å². The van der Waals surface area contributed by atoms with E-state index in [4.69, 9.17) is 5.11 Å². The lowest BCUT2D eigenvalue weighted by molar-refractivity contribution is 0.184. The van der Waals surface area contributed by atoms with Crippen LogP contribution >= 0.6 is 0 Å². The first-order valence-corrected chi connectivity index (χ1v) is 4.27. The zero-order valence-electron chi connectivity index (χ0n) is 7.91. The molecule has 0 aliphatic heterocycles. The van der Waals surface area contributed by atoms with Crippen molar-refractivity contribution in [3.63, 3.8) is 0 Å². The number of rotatable bonds is 3. The van der Waals surface area contributed by atoms with Gasteiger partial charge in [0.25, 0.3) is 0 Å². The maximum absolute atomic E-state index is 9.10. The molecule has 0 aliphatic carbocycles. The highest BCUT2D eigenvalue weighted by molar-refractivity contribution is 5.15. The van der Waals surface area contributed by atoms with Crippen molar-refractivity contribution in [2.45, 2.75) is 32.8 Å². The van der Waals surface area contributed by atoms with Crippen LogP contribution in [0.5, 0.6) is 0 Å². The summed E-state index contributed by atoms with van der Waals surface area (Å²) in [6.07, 6.45) is 3.34. The highest BCUT2D eigenvalue weighted by Crippen LogP contribution is 2.09. The third-order valence-electron chi connectivity index (χ3n) is 2.07. The zero-order valence-corrected chi connectivity index (χ0v) is 7.91. The smallest absolute Gasteiger partial charge is 0.0521 e. The van der Waals surface area contributed by atoms with Gasteiger partial charge in [-0.25, -0.2) is 0 Å². The van der Waals surface area contributed by atoms with E-state index in [9.17, 15) is 0 Å². The van der Waals surface area contributed by atoms with E-state index in [1.54, 1.807) is 0 Å². The number of aryl methyl sites for hydroxylation is 2. The SMILES string of the molecule is Cc1cnn(C)c1CC[C@@H](C)O. The van der Waals surface area contributed by atoms with Gasteiger partial charge >= 0.3 is 0 Å². The van der Waals surface area contributed by atoms with Crippen molar-refractivity contribution in [1.29, 1.82) is 0 Å². The van der Waals surface area contributed by atoms with Gasteiger partial charge in [-0.1, -0.05) is 0 Å². The van der Waals surface area contributed by atoms with Gasteiger partial charge in [0.2, 0.25) is 0 Å². The van der Waals surface area contributed by atoms with Crippen molar-refractivity contribution in [2.24, 2.45) is 7.05 Å². The Kier molecular flexibility index (Phi) is 2.87. The fraction of sp³-hybridized carbons (Fsp3) is 0.667. The second-order valence-corrected chi connectivity index (χ2v) is 3.29. The van der Waals surface area contributed by atoms with Gasteiger partial charge in [0.05, 0.1) is 12.3 Å². The lowest BCUT2D eigenvalue weighted by Crippen LogP contribution is -2.06. The highest BCUT2D eigenvalue weighted by atomic mass is 16.3. The molecule has 68 valence electrons. The molecule has 12 heavy (non-hydrogen) atoms. The van der Waals surface area contributed by atoms with Crippen molar-refractivity contribution >= 4 is 0 Å². The molecule has 1 aromatic rings. The van der Waals surface area contributed by atoms with E-state index in [2.05, 4.69) is 5.10 Å². The summed E-state index contributed by atoms with van der Waals surface area (Å²) < 4.78 is 1.87. The number of aromatic nitrogens is 2. The maximum Gasteiger partial charge on any atom is 0.0521 e. The van der Waals surface area contributed by atoms with Gasteiger partial charge in [-0.3, -0.25) is 4.68 Å². The Hall–Kier alpha value is -0.830.